The van der Waals surface area contributed by atoms with Gasteiger partial charge in [0.15, 0.2) is 5.69 Å². The summed E-state index contributed by atoms with van der Waals surface area (Å²) in [5.74, 6) is -0.607. The summed E-state index contributed by atoms with van der Waals surface area (Å²) in [5, 5.41) is 18.1. The predicted molar refractivity (Wildman–Crippen MR) is 101 cm³/mol. The van der Waals surface area contributed by atoms with Gasteiger partial charge in [0, 0.05) is 37.8 Å². The number of aliphatic hydroxyl groups excluding tert-OH is 1. The zero-order valence-corrected chi connectivity index (χ0v) is 15.9. The SMILES string of the molecule is O=C(c1cn(C[C@@H](O)c2ccccc2F)nn1)N1CCN(C2CCCC2)CC1. The molecule has 1 aliphatic carbocycles. The molecule has 2 aromatic rings. The number of carbonyl (C=O) groups is 1. The zero-order valence-electron chi connectivity index (χ0n) is 15.9. The van der Waals surface area contributed by atoms with Crippen LogP contribution in [-0.2, 0) is 6.54 Å². The van der Waals surface area contributed by atoms with Crippen LogP contribution in [-0.4, -0.2) is 68.0 Å². The van der Waals surface area contributed by atoms with E-state index in [1.165, 1.54) is 48.7 Å². The summed E-state index contributed by atoms with van der Waals surface area (Å²) in [5.41, 5.74) is 0.462. The van der Waals surface area contributed by atoms with Crippen molar-refractivity contribution in [1.29, 1.82) is 0 Å². The molecule has 4 rings (SSSR count). The van der Waals surface area contributed by atoms with Crippen LogP contribution in [0.2, 0.25) is 0 Å². The van der Waals surface area contributed by atoms with E-state index in [4.69, 9.17) is 0 Å². The van der Waals surface area contributed by atoms with Crippen molar-refractivity contribution in [2.45, 2.75) is 44.4 Å². The number of halogens is 1. The Kier molecular flexibility index (Phi) is 5.68. The van der Waals surface area contributed by atoms with Crippen LogP contribution in [0, 0.1) is 5.82 Å². The first-order chi connectivity index (χ1) is 13.6. The third kappa shape index (κ3) is 4.07. The molecular formula is C20H26FN5O2. The van der Waals surface area contributed by atoms with Crippen LogP contribution in [0.25, 0.3) is 0 Å². The molecule has 0 radical (unpaired) electrons. The lowest BCUT2D eigenvalue weighted by Gasteiger charge is -2.37. The number of nitrogens with zero attached hydrogens (tertiary/aromatic N) is 5. The normalized spacial score (nSPS) is 19.9. The Hall–Kier alpha value is -2.32. The monoisotopic (exact) mass is 387 g/mol. The van der Waals surface area contributed by atoms with Gasteiger partial charge in [0.25, 0.3) is 5.91 Å². The first-order valence-electron chi connectivity index (χ1n) is 9.98. The molecule has 0 spiro atoms. The molecule has 1 aromatic carbocycles. The van der Waals surface area contributed by atoms with Crippen molar-refractivity contribution in [3.05, 3.63) is 47.5 Å². The van der Waals surface area contributed by atoms with Crippen LogP contribution in [0.4, 0.5) is 4.39 Å². The van der Waals surface area contributed by atoms with Crippen LogP contribution in [0.15, 0.2) is 30.5 Å². The number of aromatic nitrogens is 3. The average molecular weight is 387 g/mol. The second-order valence-electron chi connectivity index (χ2n) is 7.63. The summed E-state index contributed by atoms with van der Waals surface area (Å²) >= 11 is 0. The number of piperazine rings is 1. The number of benzene rings is 1. The van der Waals surface area contributed by atoms with Crippen LogP contribution in [0.5, 0.6) is 0 Å². The van der Waals surface area contributed by atoms with Gasteiger partial charge >= 0.3 is 0 Å². The standard InChI is InChI=1S/C20H26FN5O2/c21-17-8-4-3-7-16(17)19(27)14-26-13-18(22-23-26)20(28)25-11-9-24(10-12-25)15-5-1-2-6-15/h3-4,7-8,13,15,19,27H,1-2,5-6,9-12,14H2/t19-/m1/s1. The molecule has 8 heteroatoms. The van der Waals surface area contributed by atoms with Crippen LogP contribution in [0.3, 0.4) is 0 Å². The minimum atomic E-state index is -1.05. The Balaban J connectivity index is 1.34. The van der Waals surface area contributed by atoms with Gasteiger partial charge in [-0.3, -0.25) is 9.69 Å². The van der Waals surface area contributed by atoms with E-state index in [0.717, 1.165) is 13.1 Å². The molecule has 1 aliphatic heterocycles. The maximum Gasteiger partial charge on any atom is 0.276 e. The molecule has 1 atom stereocenters. The summed E-state index contributed by atoms with van der Waals surface area (Å²) in [6.45, 7) is 3.23. The second kappa shape index (κ2) is 8.36. The van der Waals surface area contributed by atoms with E-state index in [1.807, 2.05) is 4.90 Å². The number of carbonyl (C=O) groups excluding carboxylic acids is 1. The molecule has 7 nitrogen and oxygen atoms in total. The Bertz CT molecular complexity index is 812. The van der Waals surface area contributed by atoms with Gasteiger partial charge < -0.3 is 10.0 Å². The highest BCUT2D eigenvalue weighted by Crippen LogP contribution is 2.24. The Morgan fingerprint density at radius 2 is 1.89 bits per heavy atom. The summed E-state index contributed by atoms with van der Waals surface area (Å²) in [6, 6.07) is 6.76. The van der Waals surface area contributed by atoms with Gasteiger partial charge in [-0.1, -0.05) is 36.3 Å². The van der Waals surface area contributed by atoms with E-state index in [0.29, 0.717) is 19.1 Å². The third-order valence-electron chi connectivity index (χ3n) is 5.82. The first-order valence-corrected chi connectivity index (χ1v) is 9.98. The van der Waals surface area contributed by atoms with E-state index in [2.05, 4.69) is 15.2 Å². The van der Waals surface area contributed by atoms with Gasteiger partial charge in [-0.2, -0.15) is 0 Å². The van der Waals surface area contributed by atoms with Crippen molar-refractivity contribution in [3.63, 3.8) is 0 Å². The Morgan fingerprint density at radius 3 is 2.61 bits per heavy atom. The molecule has 150 valence electrons. The molecule has 1 saturated heterocycles. The summed E-state index contributed by atoms with van der Waals surface area (Å²) in [7, 11) is 0. The maximum absolute atomic E-state index is 13.8. The molecule has 2 fully saturated rings. The molecule has 1 saturated carbocycles. The van der Waals surface area contributed by atoms with Crippen LogP contribution < -0.4 is 0 Å². The molecule has 2 aliphatic rings. The van der Waals surface area contributed by atoms with Crippen molar-refractivity contribution < 1.29 is 14.3 Å². The van der Waals surface area contributed by atoms with Crippen molar-refractivity contribution in [2.24, 2.45) is 0 Å². The lowest BCUT2D eigenvalue weighted by molar-refractivity contribution is 0.0567. The van der Waals surface area contributed by atoms with Gasteiger partial charge in [0.05, 0.1) is 12.7 Å². The van der Waals surface area contributed by atoms with Gasteiger partial charge in [0.2, 0.25) is 0 Å². The maximum atomic E-state index is 13.8. The van der Waals surface area contributed by atoms with E-state index < -0.39 is 11.9 Å². The smallest absolute Gasteiger partial charge is 0.276 e. The van der Waals surface area contributed by atoms with Gasteiger partial charge in [-0.25, -0.2) is 9.07 Å². The number of hydrogen-bond donors (Lipinski definition) is 1. The van der Waals surface area contributed by atoms with E-state index in [1.54, 1.807) is 12.1 Å². The summed E-state index contributed by atoms with van der Waals surface area (Å²) in [6.07, 6.45) is 5.63. The van der Waals surface area contributed by atoms with Gasteiger partial charge in [-0.15, -0.1) is 5.10 Å². The quantitative estimate of drug-likeness (QED) is 0.848. The Morgan fingerprint density at radius 1 is 1.18 bits per heavy atom. The number of aliphatic hydroxyl groups is 1. The fraction of sp³-hybridized carbons (Fsp3) is 0.550. The molecule has 2 heterocycles. The van der Waals surface area contributed by atoms with E-state index >= 15 is 0 Å². The number of amides is 1. The van der Waals surface area contributed by atoms with Crippen molar-refractivity contribution in [3.8, 4) is 0 Å². The minimum absolute atomic E-state index is 0.0384. The molecule has 1 N–H and O–H groups in total. The number of hydrogen-bond acceptors (Lipinski definition) is 5. The van der Waals surface area contributed by atoms with E-state index in [9.17, 15) is 14.3 Å². The lowest BCUT2D eigenvalue weighted by atomic mass is 10.1. The molecular weight excluding hydrogens is 361 g/mol. The average Bonchev–Trinajstić information content (AvgIpc) is 3.40. The Labute approximate surface area is 163 Å². The topological polar surface area (TPSA) is 74.5 Å². The fourth-order valence-electron chi connectivity index (χ4n) is 4.23. The number of rotatable bonds is 5. The third-order valence-corrected chi connectivity index (χ3v) is 5.82. The van der Waals surface area contributed by atoms with Crippen molar-refractivity contribution >= 4 is 5.91 Å². The van der Waals surface area contributed by atoms with E-state index in [-0.39, 0.29) is 23.7 Å². The predicted octanol–water partition coefficient (Wildman–Crippen LogP) is 1.85. The zero-order chi connectivity index (χ0) is 19.5. The first kappa shape index (κ1) is 19.0. The van der Waals surface area contributed by atoms with Crippen LogP contribution in [0.1, 0.15) is 47.8 Å². The lowest BCUT2D eigenvalue weighted by Crippen LogP contribution is -2.51. The highest BCUT2D eigenvalue weighted by atomic mass is 19.1. The highest BCUT2D eigenvalue weighted by Gasteiger charge is 2.29. The molecule has 1 aromatic heterocycles. The second-order valence-corrected chi connectivity index (χ2v) is 7.63. The van der Waals surface area contributed by atoms with Crippen molar-refractivity contribution in [1.82, 2.24) is 24.8 Å². The highest BCUT2D eigenvalue weighted by molar-refractivity contribution is 5.92. The van der Waals surface area contributed by atoms with Gasteiger partial charge in [0.1, 0.15) is 11.9 Å². The van der Waals surface area contributed by atoms with Gasteiger partial charge in [-0.05, 0) is 18.9 Å². The summed E-state index contributed by atoms with van der Waals surface area (Å²) < 4.78 is 15.2. The van der Waals surface area contributed by atoms with Crippen LogP contribution >= 0.6 is 0 Å². The largest absolute Gasteiger partial charge is 0.386 e. The molecule has 0 unspecified atom stereocenters. The molecule has 28 heavy (non-hydrogen) atoms. The fourth-order valence-corrected chi connectivity index (χ4v) is 4.23. The summed E-state index contributed by atoms with van der Waals surface area (Å²) in [4.78, 5) is 17.0. The molecule has 0 bridgehead atoms. The minimum Gasteiger partial charge on any atom is -0.386 e. The molecule has 1 amide bonds. The van der Waals surface area contributed by atoms with Crippen molar-refractivity contribution in [2.75, 3.05) is 26.2 Å².